The highest BCUT2D eigenvalue weighted by atomic mass is 16.4. The van der Waals surface area contributed by atoms with E-state index in [0.717, 1.165) is 29.7 Å². The molecule has 1 heterocycles. The van der Waals surface area contributed by atoms with Crippen molar-refractivity contribution in [2.24, 2.45) is 0 Å². The molecule has 21 heavy (non-hydrogen) atoms. The molecule has 0 spiro atoms. The average Bonchev–Trinajstić information content (AvgIpc) is 2.76. The van der Waals surface area contributed by atoms with Crippen LogP contribution in [-0.2, 0) is 17.8 Å². The van der Waals surface area contributed by atoms with Gasteiger partial charge in [0.1, 0.15) is 12.4 Å². The fourth-order valence-electron chi connectivity index (χ4n) is 2.75. The molecule has 0 saturated carbocycles. The van der Waals surface area contributed by atoms with Gasteiger partial charge >= 0.3 is 5.97 Å². The van der Waals surface area contributed by atoms with Crippen molar-refractivity contribution in [2.45, 2.75) is 39.3 Å². The summed E-state index contributed by atoms with van der Waals surface area (Å²) in [7, 11) is 3.99. The molecule has 1 atom stereocenters. The summed E-state index contributed by atoms with van der Waals surface area (Å²) in [6.45, 7) is 4.14. The second-order valence-electron chi connectivity index (χ2n) is 5.51. The van der Waals surface area contributed by atoms with Crippen molar-refractivity contribution < 1.29 is 9.90 Å². The van der Waals surface area contributed by atoms with Crippen LogP contribution in [-0.4, -0.2) is 39.6 Å². The molecule has 0 aliphatic heterocycles. The van der Waals surface area contributed by atoms with E-state index in [1.54, 1.807) is 0 Å². The maximum Gasteiger partial charge on any atom is 0.323 e. The second-order valence-corrected chi connectivity index (χ2v) is 5.51. The Bertz CT molecular complexity index is 646. The summed E-state index contributed by atoms with van der Waals surface area (Å²) >= 11 is 0. The van der Waals surface area contributed by atoms with Gasteiger partial charge in [0.25, 0.3) is 0 Å². The van der Waals surface area contributed by atoms with Crippen molar-refractivity contribution in [3.8, 4) is 0 Å². The van der Waals surface area contributed by atoms with Crippen LogP contribution in [0.3, 0.4) is 0 Å². The number of fused-ring (bicyclic) bond motifs is 1. The Morgan fingerprint density at radius 2 is 2.10 bits per heavy atom. The number of aromatic nitrogens is 2. The number of imidazole rings is 1. The van der Waals surface area contributed by atoms with Crippen LogP contribution in [0.2, 0.25) is 0 Å². The van der Waals surface area contributed by atoms with E-state index in [1.165, 1.54) is 5.56 Å². The van der Waals surface area contributed by atoms with Crippen LogP contribution in [0.25, 0.3) is 11.0 Å². The van der Waals surface area contributed by atoms with Crippen LogP contribution in [0, 0.1) is 0 Å². The first-order valence-electron chi connectivity index (χ1n) is 7.35. The molecule has 5 heteroatoms. The van der Waals surface area contributed by atoms with Crippen molar-refractivity contribution >= 4 is 17.0 Å². The first-order chi connectivity index (χ1) is 9.97. The average molecular weight is 289 g/mol. The molecule has 1 unspecified atom stereocenters. The zero-order valence-electron chi connectivity index (χ0n) is 13.1. The Morgan fingerprint density at radius 3 is 2.62 bits per heavy atom. The minimum Gasteiger partial charge on any atom is -0.480 e. The highest BCUT2D eigenvalue weighted by Gasteiger charge is 2.21. The highest BCUT2D eigenvalue weighted by molar-refractivity contribution is 5.79. The van der Waals surface area contributed by atoms with Crippen LogP contribution >= 0.6 is 0 Å². The molecule has 0 saturated heterocycles. The third-order valence-electron chi connectivity index (χ3n) is 3.85. The van der Waals surface area contributed by atoms with E-state index >= 15 is 0 Å². The lowest BCUT2D eigenvalue weighted by atomic mass is 10.1. The summed E-state index contributed by atoms with van der Waals surface area (Å²) in [6, 6.07) is 6.19. The van der Waals surface area contributed by atoms with E-state index in [-0.39, 0.29) is 12.6 Å². The van der Waals surface area contributed by atoms with Gasteiger partial charge in [0.15, 0.2) is 0 Å². The molecular weight excluding hydrogens is 266 g/mol. The SMILES string of the molecule is CCc1ccc2c(c1)nc(C(CC)N(C)C)n2CC(=O)O. The van der Waals surface area contributed by atoms with Gasteiger partial charge in [0.05, 0.1) is 17.1 Å². The molecule has 5 nitrogen and oxygen atoms in total. The highest BCUT2D eigenvalue weighted by Crippen LogP contribution is 2.26. The summed E-state index contributed by atoms with van der Waals surface area (Å²) in [5, 5.41) is 9.20. The number of hydrogen-bond acceptors (Lipinski definition) is 3. The molecule has 0 aliphatic rings. The van der Waals surface area contributed by atoms with Gasteiger partial charge in [-0.15, -0.1) is 0 Å². The number of benzene rings is 1. The first-order valence-corrected chi connectivity index (χ1v) is 7.35. The largest absolute Gasteiger partial charge is 0.480 e. The Kier molecular flexibility index (Phi) is 4.63. The number of hydrogen-bond donors (Lipinski definition) is 1. The van der Waals surface area contributed by atoms with Gasteiger partial charge in [-0.1, -0.05) is 19.9 Å². The number of rotatable bonds is 6. The van der Waals surface area contributed by atoms with Gasteiger partial charge in [-0.25, -0.2) is 4.98 Å². The molecule has 0 amide bonds. The van der Waals surface area contributed by atoms with Gasteiger partial charge in [0.2, 0.25) is 0 Å². The van der Waals surface area contributed by atoms with E-state index in [0.29, 0.717) is 0 Å². The lowest BCUT2D eigenvalue weighted by Crippen LogP contribution is -2.24. The molecule has 2 aromatic rings. The van der Waals surface area contributed by atoms with Crippen LogP contribution in [0.5, 0.6) is 0 Å². The molecule has 0 fully saturated rings. The van der Waals surface area contributed by atoms with Gasteiger partial charge < -0.3 is 9.67 Å². The Morgan fingerprint density at radius 1 is 1.38 bits per heavy atom. The summed E-state index contributed by atoms with van der Waals surface area (Å²) in [5.74, 6) is -0.0168. The number of carbonyl (C=O) groups is 1. The lowest BCUT2D eigenvalue weighted by molar-refractivity contribution is -0.137. The number of aryl methyl sites for hydroxylation is 1. The quantitative estimate of drug-likeness (QED) is 0.888. The summed E-state index contributed by atoms with van der Waals surface area (Å²) in [6.07, 6.45) is 1.83. The molecule has 2 rings (SSSR count). The van der Waals surface area contributed by atoms with Crippen molar-refractivity contribution in [2.75, 3.05) is 14.1 Å². The minimum atomic E-state index is -0.844. The molecule has 0 bridgehead atoms. The number of carboxylic acid groups (broad SMARTS) is 1. The molecule has 0 aliphatic carbocycles. The Balaban J connectivity index is 2.63. The predicted octanol–water partition coefficient (Wildman–Crippen LogP) is 2.70. The van der Waals surface area contributed by atoms with Gasteiger partial charge in [-0.2, -0.15) is 0 Å². The van der Waals surface area contributed by atoms with Gasteiger partial charge in [-0.05, 0) is 44.6 Å². The van der Waals surface area contributed by atoms with Crippen LogP contribution in [0.15, 0.2) is 18.2 Å². The zero-order valence-corrected chi connectivity index (χ0v) is 13.1. The molecular formula is C16H23N3O2. The number of aliphatic carboxylic acids is 1. The molecule has 1 aromatic carbocycles. The third-order valence-corrected chi connectivity index (χ3v) is 3.85. The standard InChI is InChI=1S/C16H23N3O2/c1-5-11-7-8-14-12(9-11)17-16(13(6-2)18(3)4)19(14)10-15(20)21/h7-9,13H,5-6,10H2,1-4H3,(H,20,21). The second kappa shape index (κ2) is 6.26. The maximum absolute atomic E-state index is 11.2. The molecule has 0 radical (unpaired) electrons. The maximum atomic E-state index is 11.2. The van der Waals surface area contributed by atoms with Gasteiger partial charge in [0, 0.05) is 0 Å². The lowest BCUT2D eigenvalue weighted by Gasteiger charge is -2.23. The normalized spacial score (nSPS) is 13.0. The topological polar surface area (TPSA) is 58.4 Å². The summed E-state index contributed by atoms with van der Waals surface area (Å²) in [4.78, 5) is 18.0. The van der Waals surface area contributed by atoms with Crippen LogP contribution in [0.4, 0.5) is 0 Å². The molecule has 1 aromatic heterocycles. The number of nitrogens with zero attached hydrogens (tertiary/aromatic N) is 3. The Labute approximate surface area is 125 Å². The van der Waals surface area contributed by atoms with Crippen molar-refractivity contribution in [3.05, 3.63) is 29.6 Å². The van der Waals surface area contributed by atoms with Crippen molar-refractivity contribution in [1.82, 2.24) is 14.5 Å². The monoisotopic (exact) mass is 289 g/mol. The van der Waals surface area contributed by atoms with Crippen LogP contribution in [0.1, 0.15) is 37.7 Å². The smallest absolute Gasteiger partial charge is 0.323 e. The van der Waals surface area contributed by atoms with Crippen LogP contribution < -0.4 is 0 Å². The van der Waals surface area contributed by atoms with E-state index in [4.69, 9.17) is 4.98 Å². The first kappa shape index (κ1) is 15.5. The minimum absolute atomic E-state index is 0.0539. The Hall–Kier alpha value is -1.88. The van der Waals surface area contributed by atoms with E-state index in [1.807, 2.05) is 30.8 Å². The molecule has 114 valence electrons. The van der Waals surface area contributed by atoms with Crippen molar-refractivity contribution in [1.29, 1.82) is 0 Å². The summed E-state index contributed by atoms with van der Waals surface area (Å²) < 4.78 is 1.82. The fourth-order valence-corrected chi connectivity index (χ4v) is 2.75. The summed E-state index contributed by atoms with van der Waals surface area (Å²) in [5.41, 5.74) is 2.99. The third kappa shape index (κ3) is 3.08. The fraction of sp³-hybridized carbons (Fsp3) is 0.500. The van der Waals surface area contributed by atoms with Gasteiger partial charge in [-0.3, -0.25) is 9.69 Å². The number of carboxylic acids is 1. The van der Waals surface area contributed by atoms with Crippen molar-refractivity contribution in [3.63, 3.8) is 0 Å². The predicted molar refractivity (Wildman–Crippen MR) is 83.5 cm³/mol. The zero-order chi connectivity index (χ0) is 15.6. The van der Waals surface area contributed by atoms with E-state index in [9.17, 15) is 9.90 Å². The van der Waals surface area contributed by atoms with E-state index < -0.39 is 5.97 Å². The molecule has 1 N–H and O–H groups in total. The van der Waals surface area contributed by atoms with E-state index in [2.05, 4.69) is 24.8 Å².